The molecule has 3 aromatic heterocycles. The van der Waals surface area contributed by atoms with Gasteiger partial charge in [0.05, 0.1) is 11.4 Å². The summed E-state index contributed by atoms with van der Waals surface area (Å²) in [6, 6.07) is 14.8. The Kier molecular flexibility index (Phi) is 3.97. The second kappa shape index (κ2) is 6.57. The molecule has 1 N–H and O–H groups in total. The molecule has 0 aliphatic carbocycles. The molecule has 0 bridgehead atoms. The first-order chi connectivity index (χ1) is 12.3. The standard InChI is InChI=1S/C16H11N7OS/c24-15(14-20-22-23(21-14)11-6-2-1-3-7-11)19-16-18-13(10-25-16)12-8-4-5-9-17-12/h1-10H,(H,18,19,24). The van der Waals surface area contributed by atoms with Gasteiger partial charge in [0.2, 0.25) is 0 Å². The van der Waals surface area contributed by atoms with Crippen molar-refractivity contribution < 1.29 is 4.79 Å². The molecule has 1 aromatic carbocycles. The summed E-state index contributed by atoms with van der Waals surface area (Å²) in [6.07, 6.45) is 1.69. The number of amides is 1. The Morgan fingerprint density at radius 3 is 2.68 bits per heavy atom. The lowest BCUT2D eigenvalue weighted by Crippen LogP contribution is -2.14. The minimum atomic E-state index is -0.468. The van der Waals surface area contributed by atoms with E-state index in [1.165, 1.54) is 16.1 Å². The van der Waals surface area contributed by atoms with Gasteiger partial charge in [-0.25, -0.2) is 4.98 Å². The normalized spacial score (nSPS) is 10.6. The number of anilines is 1. The van der Waals surface area contributed by atoms with Gasteiger partial charge in [0.1, 0.15) is 5.69 Å². The van der Waals surface area contributed by atoms with Gasteiger partial charge in [-0.1, -0.05) is 24.3 Å². The summed E-state index contributed by atoms with van der Waals surface area (Å²) in [6.45, 7) is 0. The number of nitrogens with zero attached hydrogens (tertiary/aromatic N) is 6. The third kappa shape index (κ3) is 3.26. The molecular formula is C16H11N7OS. The van der Waals surface area contributed by atoms with Crippen LogP contribution in [0.2, 0.25) is 0 Å². The Labute approximate surface area is 146 Å². The van der Waals surface area contributed by atoms with Crippen LogP contribution >= 0.6 is 11.3 Å². The molecule has 0 unspecified atom stereocenters. The molecule has 0 fully saturated rings. The van der Waals surface area contributed by atoms with Crippen LogP contribution < -0.4 is 5.32 Å². The minimum Gasteiger partial charge on any atom is -0.295 e. The summed E-state index contributed by atoms with van der Waals surface area (Å²) >= 11 is 1.30. The average Bonchev–Trinajstić information content (AvgIpc) is 3.33. The molecule has 8 nitrogen and oxygen atoms in total. The highest BCUT2D eigenvalue weighted by Gasteiger charge is 2.16. The van der Waals surface area contributed by atoms with E-state index in [-0.39, 0.29) is 5.82 Å². The fourth-order valence-electron chi connectivity index (χ4n) is 2.09. The van der Waals surface area contributed by atoms with Crippen LogP contribution in [0.3, 0.4) is 0 Å². The zero-order valence-electron chi connectivity index (χ0n) is 12.8. The zero-order chi connectivity index (χ0) is 17.1. The van der Waals surface area contributed by atoms with Gasteiger partial charge in [-0.15, -0.1) is 26.3 Å². The van der Waals surface area contributed by atoms with Crippen LogP contribution in [0, 0.1) is 0 Å². The van der Waals surface area contributed by atoms with Crippen molar-refractivity contribution in [2.24, 2.45) is 0 Å². The lowest BCUT2D eigenvalue weighted by Gasteiger charge is -1.97. The van der Waals surface area contributed by atoms with Gasteiger partial charge in [0.15, 0.2) is 5.13 Å². The third-order valence-electron chi connectivity index (χ3n) is 3.26. The van der Waals surface area contributed by atoms with Crippen LogP contribution in [0.5, 0.6) is 0 Å². The van der Waals surface area contributed by atoms with Gasteiger partial charge in [0, 0.05) is 11.6 Å². The lowest BCUT2D eigenvalue weighted by molar-refractivity contribution is 0.101. The highest BCUT2D eigenvalue weighted by molar-refractivity contribution is 7.14. The highest BCUT2D eigenvalue weighted by atomic mass is 32.1. The van der Waals surface area contributed by atoms with Crippen molar-refractivity contribution in [3.8, 4) is 17.1 Å². The first-order valence-corrected chi connectivity index (χ1v) is 8.21. The van der Waals surface area contributed by atoms with Gasteiger partial charge >= 0.3 is 0 Å². The number of carbonyl (C=O) groups excluding carboxylic acids is 1. The first kappa shape index (κ1) is 15.1. The van der Waals surface area contributed by atoms with Crippen LogP contribution in [0.25, 0.3) is 17.1 Å². The van der Waals surface area contributed by atoms with Crippen LogP contribution in [0.15, 0.2) is 60.1 Å². The molecule has 0 saturated heterocycles. The Bertz CT molecular complexity index is 998. The van der Waals surface area contributed by atoms with E-state index < -0.39 is 5.91 Å². The first-order valence-electron chi connectivity index (χ1n) is 7.33. The molecule has 1 amide bonds. The minimum absolute atomic E-state index is 0.0292. The molecule has 0 radical (unpaired) electrons. The van der Waals surface area contributed by atoms with Crippen molar-refractivity contribution in [1.82, 2.24) is 30.2 Å². The van der Waals surface area contributed by atoms with Crippen LogP contribution in [-0.2, 0) is 0 Å². The van der Waals surface area contributed by atoms with Gasteiger partial charge in [-0.05, 0) is 29.5 Å². The predicted octanol–water partition coefficient (Wildman–Crippen LogP) is 2.43. The van der Waals surface area contributed by atoms with E-state index in [0.29, 0.717) is 10.8 Å². The quantitative estimate of drug-likeness (QED) is 0.607. The van der Waals surface area contributed by atoms with Gasteiger partial charge in [0.25, 0.3) is 11.7 Å². The van der Waals surface area contributed by atoms with Gasteiger partial charge in [-0.3, -0.25) is 15.1 Å². The number of thiazole rings is 1. The van der Waals surface area contributed by atoms with Crippen molar-refractivity contribution in [3.63, 3.8) is 0 Å². The predicted molar refractivity (Wildman–Crippen MR) is 92.5 cm³/mol. The number of carbonyl (C=O) groups is 1. The second-order valence-corrected chi connectivity index (χ2v) is 5.80. The van der Waals surface area contributed by atoms with E-state index >= 15 is 0 Å². The van der Waals surface area contributed by atoms with Crippen LogP contribution in [0.4, 0.5) is 5.13 Å². The van der Waals surface area contributed by atoms with E-state index in [9.17, 15) is 4.79 Å². The maximum Gasteiger partial charge on any atom is 0.299 e. The Hall–Kier alpha value is -3.46. The summed E-state index contributed by atoms with van der Waals surface area (Å²) in [5.74, 6) is -0.498. The number of para-hydroxylation sites is 1. The van der Waals surface area contributed by atoms with Gasteiger partial charge < -0.3 is 0 Å². The van der Waals surface area contributed by atoms with Gasteiger partial charge in [-0.2, -0.15) is 0 Å². The maximum atomic E-state index is 12.3. The molecule has 9 heteroatoms. The number of nitrogens with one attached hydrogen (secondary N) is 1. The van der Waals surface area contributed by atoms with Crippen LogP contribution in [-0.4, -0.2) is 36.1 Å². The number of hydrogen-bond acceptors (Lipinski definition) is 7. The second-order valence-electron chi connectivity index (χ2n) is 4.95. The van der Waals surface area contributed by atoms with Crippen molar-refractivity contribution in [3.05, 3.63) is 65.9 Å². The summed E-state index contributed by atoms with van der Waals surface area (Å²) in [5, 5.41) is 16.7. The molecule has 0 spiro atoms. The largest absolute Gasteiger partial charge is 0.299 e. The number of rotatable bonds is 4. The molecule has 25 heavy (non-hydrogen) atoms. The molecule has 4 rings (SSSR count). The van der Waals surface area contributed by atoms with E-state index in [2.05, 4.69) is 30.7 Å². The lowest BCUT2D eigenvalue weighted by atomic mass is 10.3. The molecule has 4 aromatic rings. The Morgan fingerprint density at radius 2 is 1.88 bits per heavy atom. The number of tetrazole rings is 1. The summed E-state index contributed by atoms with van der Waals surface area (Å²) in [4.78, 5) is 22.1. The van der Waals surface area contributed by atoms with Crippen molar-refractivity contribution >= 4 is 22.4 Å². The molecule has 0 aliphatic rings. The Morgan fingerprint density at radius 1 is 1.04 bits per heavy atom. The summed E-state index contributed by atoms with van der Waals surface area (Å²) < 4.78 is 0. The Balaban J connectivity index is 1.50. The van der Waals surface area contributed by atoms with Crippen LogP contribution in [0.1, 0.15) is 10.6 Å². The fourth-order valence-corrected chi connectivity index (χ4v) is 2.79. The summed E-state index contributed by atoms with van der Waals surface area (Å²) in [7, 11) is 0. The zero-order valence-corrected chi connectivity index (χ0v) is 13.6. The van der Waals surface area contributed by atoms with Crippen molar-refractivity contribution in [2.75, 3.05) is 5.32 Å². The fraction of sp³-hybridized carbons (Fsp3) is 0. The molecule has 3 heterocycles. The van der Waals surface area contributed by atoms with E-state index in [1.807, 2.05) is 53.9 Å². The summed E-state index contributed by atoms with van der Waals surface area (Å²) in [5.41, 5.74) is 2.16. The number of benzene rings is 1. The SMILES string of the molecule is O=C(Nc1nc(-c2ccccn2)cs1)c1nnn(-c2ccccc2)n1. The van der Waals surface area contributed by atoms with E-state index in [0.717, 1.165) is 11.4 Å². The number of hydrogen-bond donors (Lipinski definition) is 1. The number of aromatic nitrogens is 6. The van der Waals surface area contributed by atoms with Crippen molar-refractivity contribution in [1.29, 1.82) is 0 Å². The molecular weight excluding hydrogens is 338 g/mol. The van der Waals surface area contributed by atoms with E-state index in [4.69, 9.17) is 0 Å². The molecule has 0 aliphatic heterocycles. The maximum absolute atomic E-state index is 12.3. The highest BCUT2D eigenvalue weighted by Crippen LogP contribution is 2.23. The third-order valence-corrected chi connectivity index (χ3v) is 4.01. The number of pyridine rings is 1. The molecule has 0 atom stereocenters. The molecule has 0 saturated carbocycles. The smallest absolute Gasteiger partial charge is 0.295 e. The van der Waals surface area contributed by atoms with Crippen molar-refractivity contribution in [2.45, 2.75) is 0 Å². The monoisotopic (exact) mass is 349 g/mol. The molecule has 122 valence electrons. The van der Waals surface area contributed by atoms with E-state index in [1.54, 1.807) is 6.20 Å². The topological polar surface area (TPSA) is 98.5 Å². The average molecular weight is 349 g/mol.